The van der Waals surface area contributed by atoms with Crippen LogP contribution in [0.15, 0.2) is 117 Å². The lowest BCUT2D eigenvalue weighted by atomic mass is 9.78. The Bertz CT molecular complexity index is 1440. The van der Waals surface area contributed by atoms with Gasteiger partial charge in [0.2, 0.25) is 24.3 Å². The number of aliphatic imine (C=N–C) groups is 4. The largest absolute Gasteiger partial charge is 0.240 e. The number of hydrogen-bond acceptors (Lipinski definition) is 8. The summed E-state index contributed by atoms with van der Waals surface area (Å²) in [6.07, 6.45) is 6.10. The van der Waals surface area contributed by atoms with E-state index in [1.54, 1.807) is 48.5 Å². The third kappa shape index (κ3) is 7.74. The van der Waals surface area contributed by atoms with Crippen molar-refractivity contribution in [1.82, 2.24) is 0 Å². The van der Waals surface area contributed by atoms with E-state index in [1.807, 2.05) is 48.5 Å². The number of benzene rings is 4. The molecule has 0 aliphatic heterocycles. The first-order chi connectivity index (χ1) is 20.1. The first-order valence-electron chi connectivity index (χ1n) is 12.9. The molecule has 8 nitrogen and oxygen atoms in total. The van der Waals surface area contributed by atoms with Gasteiger partial charge in [0.25, 0.3) is 0 Å². The summed E-state index contributed by atoms with van der Waals surface area (Å²) in [4.78, 5) is 55.3. The van der Waals surface area contributed by atoms with E-state index in [-0.39, 0.29) is 10.8 Å². The lowest BCUT2D eigenvalue weighted by Crippen LogP contribution is -2.18. The van der Waals surface area contributed by atoms with E-state index in [4.69, 9.17) is 0 Å². The number of hydrogen-bond donors (Lipinski definition) is 0. The van der Waals surface area contributed by atoms with Crippen molar-refractivity contribution < 1.29 is 19.2 Å². The number of isocyanates is 4. The Hall–Kier alpha value is -5.60. The Morgan fingerprint density at radius 1 is 0.357 bits per heavy atom. The van der Waals surface area contributed by atoms with Gasteiger partial charge in [-0.2, -0.15) is 20.0 Å². The minimum Gasteiger partial charge on any atom is -0.211 e. The molecule has 0 aliphatic carbocycles. The normalized spacial score (nSPS) is 10.4. The molecule has 0 amide bonds. The van der Waals surface area contributed by atoms with Crippen LogP contribution in [0.3, 0.4) is 0 Å². The van der Waals surface area contributed by atoms with Crippen LogP contribution in [0.25, 0.3) is 0 Å². The van der Waals surface area contributed by atoms with Crippen LogP contribution in [0.1, 0.15) is 49.9 Å². The molecule has 0 fully saturated rings. The highest BCUT2D eigenvalue weighted by Crippen LogP contribution is 2.34. The van der Waals surface area contributed by atoms with E-state index >= 15 is 0 Å². The van der Waals surface area contributed by atoms with Crippen molar-refractivity contribution in [3.8, 4) is 0 Å². The molecule has 208 valence electrons. The molecule has 0 bridgehead atoms. The van der Waals surface area contributed by atoms with Crippen LogP contribution in [0.2, 0.25) is 0 Å². The lowest BCUT2D eigenvalue weighted by molar-refractivity contribution is 0.564. The van der Waals surface area contributed by atoms with Gasteiger partial charge in [-0.05, 0) is 70.8 Å². The molecule has 0 N–H and O–H groups in total. The van der Waals surface area contributed by atoms with Gasteiger partial charge >= 0.3 is 0 Å². The minimum absolute atomic E-state index is 0.215. The van der Waals surface area contributed by atoms with Gasteiger partial charge in [-0.15, -0.1) is 0 Å². The predicted octanol–water partition coefficient (Wildman–Crippen LogP) is 7.89. The maximum Gasteiger partial charge on any atom is 0.240 e. The van der Waals surface area contributed by atoms with E-state index < -0.39 is 0 Å². The third-order valence-electron chi connectivity index (χ3n) is 7.05. The Morgan fingerprint density at radius 3 is 0.667 bits per heavy atom. The van der Waals surface area contributed by atoms with Crippen LogP contribution in [0.5, 0.6) is 0 Å². The molecule has 0 aliphatic rings. The summed E-state index contributed by atoms with van der Waals surface area (Å²) in [5.41, 5.74) is 6.29. The summed E-state index contributed by atoms with van der Waals surface area (Å²) in [5.74, 6) is 0. The van der Waals surface area contributed by atoms with Crippen LogP contribution in [-0.2, 0) is 30.0 Å². The Kier molecular flexibility index (Phi) is 10.4. The van der Waals surface area contributed by atoms with Crippen LogP contribution < -0.4 is 0 Å². The fraction of sp³-hybridized carbons (Fsp3) is 0.176. The molecule has 0 saturated heterocycles. The van der Waals surface area contributed by atoms with Crippen molar-refractivity contribution in [1.29, 1.82) is 0 Å². The first kappa shape index (κ1) is 30.9. The molecule has 0 unspecified atom stereocenters. The highest BCUT2D eigenvalue weighted by molar-refractivity contribution is 5.54. The van der Waals surface area contributed by atoms with Crippen molar-refractivity contribution in [2.24, 2.45) is 20.0 Å². The van der Waals surface area contributed by atoms with Gasteiger partial charge in [0, 0.05) is 10.8 Å². The van der Waals surface area contributed by atoms with E-state index in [9.17, 15) is 19.2 Å². The molecule has 4 aromatic carbocycles. The van der Waals surface area contributed by atoms with Crippen LogP contribution in [-0.4, -0.2) is 24.3 Å². The summed E-state index contributed by atoms with van der Waals surface area (Å²) in [6, 6.07) is 29.8. The molecule has 0 atom stereocenters. The highest BCUT2D eigenvalue weighted by atomic mass is 16.1. The molecule has 0 saturated carbocycles. The monoisotopic (exact) mass is 556 g/mol. The van der Waals surface area contributed by atoms with E-state index in [1.165, 1.54) is 24.3 Å². The highest BCUT2D eigenvalue weighted by Gasteiger charge is 2.24. The summed E-state index contributed by atoms with van der Waals surface area (Å²) >= 11 is 0. The molecule has 4 rings (SSSR count). The second-order valence-corrected chi connectivity index (χ2v) is 10.2. The maximum absolute atomic E-state index is 10.2. The summed E-state index contributed by atoms with van der Waals surface area (Å²) in [5, 5.41) is 0. The Labute approximate surface area is 243 Å². The van der Waals surface area contributed by atoms with E-state index in [0.29, 0.717) is 22.7 Å². The maximum atomic E-state index is 10.2. The van der Waals surface area contributed by atoms with Crippen LogP contribution in [0, 0.1) is 0 Å². The minimum atomic E-state index is -0.215. The van der Waals surface area contributed by atoms with Crippen molar-refractivity contribution in [2.45, 2.75) is 38.5 Å². The average molecular weight is 557 g/mol. The quantitative estimate of drug-likeness (QED) is 0.162. The molecule has 0 aromatic heterocycles. The molecule has 4 aromatic rings. The molecule has 0 heterocycles. The average Bonchev–Trinajstić information content (AvgIpc) is 2.99. The first-order valence-corrected chi connectivity index (χ1v) is 12.9. The lowest BCUT2D eigenvalue weighted by Gasteiger charge is -2.26. The van der Waals surface area contributed by atoms with Crippen LogP contribution in [0.4, 0.5) is 22.7 Å². The smallest absolute Gasteiger partial charge is 0.211 e. The SMILES string of the molecule is CC(C)(c1ccc(N=C=O)cc1)c1ccc(N=C=O)cc1.CC(C)(c1ccc(N=C=O)cc1)c1ccc(N=C=O)cc1. The Morgan fingerprint density at radius 2 is 0.524 bits per heavy atom. The summed E-state index contributed by atoms with van der Waals surface area (Å²) in [7, 11) is 0. The van der Waals surface area contributed by atoms with Crippen molar-refractivity contribution in [3.05, 3.63) is 119 Å². The number of carbonyl (C=O) groups excluding carboxylic acids is 4. The van der Waals surface area contributed by atoms with E-state index in [0.717, 1.165) is 22.3 Å². The summed E-state index contributed by atoms with van der Waals surface area (Å²) in [6.45, 7) is 8.40. The Balaban J connectivity index is 0.000000230. The molecular weight excluding hydrogens is 528 g/mol. The van der Waals surface area contributed by atoms with Crippen molar-refractivity contribution >= 4 is 47.1 Å². The van der Waals surface area contributed by atoms with Crippen molar-refractivity contribution in [2.75, 3.05) is 0 Å². The molecule has 0 radical (unpaired) electrons. The molecule has 42 heavy (non-hydrogen) atoms. The van der Waals surface area contributed by atoms with Gasteiger partial charge in [-0.25, -0.2) is 19.2 Å². The van der Waals surface area contributed by atoms with Gasteiger partial charge in [-0.1, -0.05) is 76.2 Å². The predicted molar refractivity (Wildman–Crippen MR) is 161 cm³/mol. The van der Waals surface area contributed by atoms with Gasteiger partial charge in [0.05, 0.1) is 22.7 Å². The zero-order valence-corrected chi connectivity index (χ0v) is 23.7. The number of nitrogens with zero attached hydrogens (tertiary/aromatic N) is 4. The molecular formula is C34H28N4O4. The van der Waals surface area contributed by atoms with Gasteiger partial charge in [0.15, 0.2) is 0 Å². The number of rotatable bonds is 8. The van der Waals surface area contributed by atoms with Gasteiger partial charge in [-0.3, -0.25) is 0 Å². The zero-order valence-electron chi connectivity index (χ0n) is 23.7. The van der Waals surface area contributed by atoms with Crippen LogP contribution >= 0.6 is 0 Å². The topological polar surface area (TPSA) is 118 Å². The van der Waals surface area contributed by atoms with E-state index in [2.05, 4.69) is 47.7 Å². The zero-order chi connectivity index (χ0) is 30.6. The van der Waals surface area contributed by atoms with Gasteiger partial charge in [0.1, 0.15) is 0 Å². The standard InChI is InChI=1S/2C17H14N2O2/c2*1-17(2,13-3-7-15(8-4-13)18-11-20)14-5-9-16(10-6-14)19-12-21/h2*3-10H,1-2H3. The van der Waals surface area contributed by atoms with Crippen molar-refractivity contribution in [3.63, 3.8) is 0 Å². The second kappa shape index (κ2) is 14.2. The molecule has 8 heteroatoms. The van der Waals surface area contributed by atoms with Gasteiger partial charge < -0.3 is 0 Å². The third-order valence-corrected chi connectivity index (χ3v) is 7.05. The fourth-order valence-corrected chi connectivity index (χ4v) is 4.35. The molecule has 0 spiro atoms. The summed E-state index contributed by atoms with van der Waals surface area (Å²) < 4.78 is 0. The second-order valence-electron chi connectivity index (χ2n) is 10.2. The fourth-order valence-electron chi connectivity index (χ4n) is 4.35.